The van der Waals surface area contributed by atoms with E-state index in [1.54, 1.807) is 39.0 Å². The van der Waals surface area contributed by atoms with Gasteiger partial charge in [-0.25, -0.2) is 4.79 Å². The lowest BCUT2D eigenvalue weighted by atomic mass is 10.0. The van der Waals surface area contributed by atoms with Gasteiger partial charge in [0.1, 0.15) is 23.6 Å². The molecule has 3 rings (SSSR count). The minimum atomic E-state index is -0.988. The number of methoxy groups -OCH3 is 2. The number of carbonyl (C=O) groups excluding carboxylic acids is 3. The van der Waals surface area contributed by atoms with Crippen LogP contribution >= 0.6 is 0 Å². The largest absolute Gasteiger partial charge is 0.497 e. The fourth-order valence-corrected chi connectivity index (χ4v) is 3.68. The van der Waals surface area contributed by atoms with Gasteiger partial charge in [0.25, 0.3) is 5.91 Å². The third-order valence-electron chi connectivity index (χ3n) is 5.11. The van der Waals surface area contributed by atoms with Gasteiger partial charge in [0.2, 0.25) is 5.91 Å². The molecule has 0 saturated carbocycles. The van der Waals surface area contributed by atoms with Gasteiger partial charge in [0, 0.05) is 12.1 Å². The van der Waals surface area contributed by atoms with Crippen molar-refractivity contribution in [1.29, 1.82) is 0 Å². The number of carbonyl (C=O) groups is 3. The minimum absolute atomic E-state index is 0.184. The van der Waals surface area contributed by atoms with E-state index in [2.05, 4.69) is 5.32 Å². The van der Waals surface area contributed by atoms with Crippen molar-refractivity contribution in [2.75, 3.05) is 27.3 Å². The maximum absolute atomic E-state index is 12.9. The summed E-state index contributed by atoms with van der Waals surface area (Å²) < 4.78 is 10.8. The second-order valence-electron chi connectivity index (χ2n) is 7.30. The van der Waals surface area contributed by atoms with Gasteiger partial charge >= 0.3 is 6.03 Å². The van der Waals surface area contributed by atoms with Crippen molar-refractivity contribution in [3.05, 3.63) is 23.8 Å². The molecule has 2 heterocycles. The Morgan fingerprint density at radius 2 is 2.00 bits per heavy atom. The van der Waals surface area contributed by atoms with Gasteiger partial charge in [-0.05, 0) is 44.9 Å². The Kier molecular flexibility index (Phi) is 4.99. The summed E-state index contributed by atoms with van der Waals surface area (Å²) in [5.41, 5.74) is -0.127. The van der Waals surface area contributed by atoms with Crippen molar-refractivity contribution in [1.82, 2.24) is 15.1 Å². The summed E-state index contributed by atoms with van der Waals surface area (Å²) >= 11 is 0. The molecule has 146 valence electrons. The molecule has 0 radical (unpaired) electrons. The number of urea groups is 1. The fourth-order valence-electron chi connectivity index (χ4n) is 3.68. The van der Waals surface area contributed by atoms with Crippen LogP contribution in [0.5, 0.6) is 11.5 Å². The van der Waals surface area contributed by atoms with E-state index in [1.807, 2.05) is 12.1 Å². The van der Waals surface area contributed by atoms with Crippen molar-refractivity contribution in [3.8, 4) is 11.5 Å². The molecule has 1 N–H and O–H groups in total. The Morgan fingerprint density at radius 3 is 2.59 bits per heavy atom. The highest BCUT2D eigenvalue weighted by atomic mass is 16.5. The fraction of sp³-hybridized carbons (Fsp3) is 0.526. The molecule has 8 nitrogen and oxygen atoms in total. The van der Waals surface area contributed by atoms with E-state index in [9.17, 15) is 14.4 Å². The summed E-state index contributed by atoms with van der Waals surface area (Å²) in [6.45, 7) is 3.54. The first-order chi connectivity index (χ1) is 12.8. The Bertz CT molecular complexity index is 777. The molecular weight excluding hydrogens is 350 g/mol. The average molecular weight is 375 g/mol. The molecule has 0 unspecified atom stereocenters. The Balaban J connectivity index is 1.82. The lowest BCUT2D eigenvalue weighted by Gasteiger charge is -2.28. The summed E-state index contributed by atoms with van der Waals surface area (Å²) in [7, 11) is 3.17. The Labute approximate surface area is 158 Å². The smallest absolute Gasteiger partial charge is 0.325 e. The lowest BCUT2D eigenvalue weighted by molar-refractivity contribution is -0.139. The maximum Gasteiger partial charge on any atom is 0.325 e. The van der Waals surface area contributed by atoms with Gasteiger partial charge < -0.3 is 19.7 Å². The van der Waals surface area contributed by atoms with E-state index in [1.165, 1.54) is 0 Å². The van der Waals surface area contributed by atoms with Crippen LogP contribution in [-0.2, 0) is 9.59 Å². The van der Waals surface area contributed by atoms with Crippen LogP contribution in [0.2, 0.25) is 0 Å². The molecule has 2 fully saturated rings. The topological polar surface area (TPSA) is 88.2 Å². The molecule has 0 aromatic heterocycles. The number of nitrogens with one attached hydrogen (secondary N) is 1. The van der Waals surface area contributed by atoms with E-state index < -0.39 is 17.5 Å². The molecule has 8 heteroatoms. The summed E-state index contributed by atoms with van der Waals surface area (Å²) in [5, 5.41) is 2.60. The van der Waals surface area contributed by atoms with Crippen molar-refractivity contribution in [3.63, 3.8) is 0 Å². The quantitative estimate of drug-likeness (QED) is 0.792. The molecule has 1 aromatic carbocycles. The molecule has 27 heavy (non-hydrogen) atoms. The number of imide groups is 1. The second kappa shape index (κ2) is 7.09. The van der Waals surface area contributed by atoms with Crippen molar-refractivity contribution < 1.29 is 23.9 Å². The second-order valence-corrected chi connectivity index (χ2v) is 7.30. The molecule has 0 bridgehead atoms. The highest BCUT2D eigenvalue weighted by Crippen LogP contribution is 2.39. The summed E-state index contributed by atoms with van der Waals surface area (Å²) in [5.74, 6) is 0.705. The first-order valence-electron chi connectivity index (χ1n) is 8.94. The molecule has 0 spiro atoms. The molecule has 1 atom stereocenters. The van der Waals surface area contributed by atoms with E-state index in [4.69, 9.17) is 9.47 Å². The van der Waals surface area contributed by atoms with Gasteiger partial charge in [0.05, 0.1) is 20.3 Å². The van der Waals surface area contributed by atoms with Gasteiger partial charge in [0.15, 0.2) is 0 Å². The molecule has 0 aliphatic carbocycles. The van der Waals surface area contributed by atoms with Crippen molar-refractivity contribution >= 4 is 17.8 Å². The van der Waals surface area contributed by atoms with Gasteiger partial charge in [-0.2, -0.15) is 0 Å². The third-order valence-corrected chi connectivity index (χ3v) is 5.11. The first-order valence-corrected chi connectivity index (χ1v) is 8.94. The van der Waals surface area contributed by atoms with Crippen LogP contribution in [0.1, 0.15) is 38.3 Å². The van der Waals surface area contributed by atoms with Crippen LogP contribution in [0.3, 0.4) is 0 Å². The number of hydrogen-bond donors (Lipinski definition) is 1. The van der Waals surface area contributed by atoms with Crippen LogP contribution in [0.4, 0.5) is 4.79 Å². The zero-order chi connectivity index (χ0) is 19.8. The van der Waals surface area contributed by atoms with E-state index in [-0.39, 0.29) is 18.5 Å². The van der Waals surface area contributed by atoms with Crippen LogP contribution in [0, 0.1) is 0 Å². The van der Waals surface area contributed by atoms with E-state index >= 15 is 0 Å². The molecule has 2 aliphatic heterocycles. The zero-order valence-corrected chi connectivity index (χ0v) is 16.1. The van der Waals surface area contributed by atoms with Gasteiger partial charge in [-0.1, -0.05) is 0 Å². The number of rotatable bonds is 5. The number of likely N-dealkylation sites (tertiary alicyclic amines) is 1. The number of benzene rings is 1. The van der Waals surface area contributed by atoms with Crippen molar-refractivity contribution in [2.24, 2.45) is 0 Å². The molecule has 4 amide bonds. The highest BCUT2D eigenvalue weighted by Gasteiger charge is 2.46. The minimum Gasteiger partial charge on any atom is -0.497 e. The predicted molar refractivity (Wildman–Crippen MR) is 97.6 cm³/mol. The van der Waals surface area contributed by atoms with Crippen LogP contribution in [0.15, 0.2) is 18.2 Å². The third kappa shape index (κ3) is 3.43. The van der Waals surface area contributed by atoms with Gasteiger partial charge in [-0.15, -0.1) is 0 Å². The predicted octanol–water partition coefficient (Wildman–Crippen LogP) is 1.70. The summed E-state index contributed by atoms with van der Waals surface area (Å²) in [6, 6.07) is 4.77. The summed E-state index contributed by atoms with van der Waals surface area (Å²) in [6.07, 6.45) is 1.61. The van der Waals surface area contributed by atoms with E-state index in [0.29, 0.717) is 18.0 Å². The lowest BCUT2D eigenvalue weighted by Crippen LogP contribution is -2.44. The molecule has 2 aliphatic rings. The number of ether oxygens (including phenoxy) is 2. The van der Waals surface area contributed by atoms with Gasteiger partial charge in [-0.3, -0.25) is 14.5 Å². The van der Waals surface area contributed by atoms with Crippen LogP contribution in [-0.4, -0.2) is 60.5 Å². The highest BCUT2D eigenvalue weighted by molar-refractivity contribution is 6.08. The van der Waals surface area contributed by atoms with Crippen LogP contribution < -0.4 is 14.8 Å². The van der Waals surface area contributed by atoms with Crippen molar-refractivity contribution in [2.45, 2.75) is 38.3 Å². The normalized spacial score (nSPS) is 21.4. The average Bonchev–Trinajstić information content (AvgIpc) is 3.20. The number of hydrogen-bond acceptors (Lipinski definition) is 5. The number of nitrogens with zero attached hydrogens (tertiary/aromatic N) is 2. The SMILES string of the molecule is COc1ccc(OC)c([C@H]2CCCN2C(=O)CN2C(=O)NC(C)(C)C2=O)c1. The molecular formula is C19H25N3O5. The van der Waals surface area contributed by atoms with E-state index in [0.717, 1.165) is 23.3 Å². The van der Waals surface area contributed by atoms with Crippen LogP contribution in [0.25, 0.3) is 0 Å². The Morgan fingerprint density at radius 1 is 1.26 bits per heavy atom. The monoisotopic (exact) mass is 375 g/mol. The standard InChI is InChI=1S/C19H25N3O5/c1-19(2)17(24)22(18(25)20-19)11-16(23)21-9-5-6-14(21)13-10-12(26-3)7-8-15(13)27-4/h7-8,10,14H,5-6,9,11H2,1-4H3,(H,20,25)/t14-/m1/s1. The molecule has 1 aromatic rings. The summed E-state index contributed by atoms with van der Waals surface area (Å²) in [4.78, 5) is 40.1. The number of amides is 4. The molecule has 2 saturated heterocycles. The Hall–Kier alpha value is -2.77. The first kappa shape index (κ1) is 19.0. The zero-order valence-electron chi connectivity index (χ0n) is 16.1. The maximum atomic E-state index is 12.9.